The van der Waals surface area contributed by atoms with Gasteiger partial charge in [-0.1, -0.05) is 12.1 Å². The highest BCUT2D eigenvalue weighted by molar-refractivity contribution is 7.93. The molecule has 2 rings (SSSR count). The zero-order valence-electron chi connectivity index (χ0n) is 11.9. The normalized spacial score (nSPS) is 18.7. The van der Waals surface area contributed by atoms with Gasteiger partial charge in [-0.3, -0.25) is 4.72 Å². The molecule has 1 heterocycles. The molecule has 1 fully saturated rings. The van der Waals surface area contributed by atoms with Gasteiger partial charge >= 0.3 is 0 Å². The smallest absolute Gasteiger partial charge is 0.235 e. The second-order valence-corrected chi connectivity index (χ2v) is 7.05. The molecule has 0 saturated carbocycles. The van der Waals surface area contributed by atoms with Crippen molar-refractivity contribution in [1.29, 1.82) is 0 Å². The van der Waals surface area contributed by atoms with Crippen LogP contribution in [0.15, 0.2) is 24.3 Å². The third-order valence-electron chi connectivity index (χ3n) is 3.71. The van der Waals surface area contributed by atoms with Crippen LogP contribution in [0.4, 0.5) is 5.69 Å². The minimum atomic E-state index is -3.32. The fraction of sp³-hybridized carbons (Fsp3) is 0.571. The molecule has 1 aromatic rings. The first kappa shape index (κ1) is 15.3. The van der Waals surface area contributed by atoms with Gasteiger partial charge in [-0.25, -0.2) is 8.42 Å². The topological polar surface area (TPSA) is 67.4 Å². The second-order valence-electron chi connectivity index (χ2n) is 5.09. The van der Waals surface area contributed by atoms with Crippen molar-refractivity contribution in [3.63, 3.8) is 0 Å². The zero-order chi connectivity index (χ0) is 14.6. The summed E-state index contributed by atoms with van der Waals surface area (Å²) in [7, 11) is -1.43. The Labute approximate surface area is 120 Å². The Kier molecular flexibility index (Phi) is 5.01. The van der Waals surface area contributed by atoms with Gasteiger partial charge in [-0.2, -0.15) is 0 Å². The predicted octanol–water partition coefficient (Wildman–Crippen LogP) is 1.89. The molecule has 1 unspecified atom stereocenters. The number of nitrogens with one attached hydrogen (secondary N) is 2. The summed E-state index contributed by atoms with van der Waals surface area (Å²) in [5.41, 5.74) is 1.74. The van der Waals surface area contributed by atoms with E-state index < -0.39 is 10.0 Å². The minimum absolute atomic E-state index is 0.246. The lowest BCUT2D eigenvalue weighted by atomic mass is 10.1. The van der Waals surface area contributed by atoms with Crippen molar-refractivity contribution in [1.82, 2.24) is 5.32 Å². The third kappa shape index (κ3) is 3.71. The van der Waals surface area contributed by atoms with E-state index in [1.165, 1.54) is 0 Å². The molecule has 1 aliphatic rings. The average molecular weight is 298 g/mol. The summed E-state index contributed by atoms with van der Waals surface area (Å²) < 4.78 is 32.4. The Hall–Kier alpha value is -1.11. The molecule has 0 amide bonds. The number of ether oxygens (including phenoxy) is 1. The van der Waals surface area contributed by atoms with Crippen LogP contribution < -0.4 is 10.0 Å². The number of hydrogen-bond donors (Lipinski definition) is 2. The molecule has 20 heavy (non-hydrogen) atoms. The first-order chi connectivity index (χ1) is 9.53. The quantitative estimate of drug-likeness (QED) is 0.871. The summed E-state index contributed by atoms with van der Waals surface area (Å²) in [6, 6.07) is 7.72. The van der Waals surface area contributed by atoms with Crippen LogP contribution in [0.25, 0.3) is 0 Å². The third-order valence-corrected chi connectivity index (χ3v) is 5.58. The number of hydrogen-bond acceptors (Lipinski definition) is 4. The van der Waals surface area contributed by atoms with E-state index in [1.807, 2.05) is 19.2 Å². The predicted molar refractivity (Wildman–Crippen MR) is 80.3 cm³/mol. The summed E-state index contributed by atoms with van der Waals surface area (Å²) >= 11 is 0. The fourth-order valence-corrected chi connectivity index (χ4v) is 3.68. The van der Waals surface area contributed by atoms with Gasteiger partial charge in [-0.15, -0.1) is 0 Å². The van der Waals surface area contributed by atoms with Crippen LogP contribution in [0.2, 0.25) is 0 Å². The highest BCUT2D eigenvalue weighted by Gasteiger charge is 2.27. The first-order valence-corrected chi connectivity index (χ1v) is 8.44. The summed E-state index contributed by atoms with van der Waals surface area (Å²) in [5.74, 6) is 0. The largest absolute Gasteiger partial charge is 0.381 e. The average Bonchev–Trinajstić information content (AvgIpc) is 2.48. The van der Waals surface area contributed by atoms with Gasteiger partial charge in [0.2, 0.25) is 10.0 Å². The summed E-state index contributed by atoms with van der Waals surface area (Å²) in [6.45, 7) is 3.09. The molecule has 2 N–H and O–H groups in total. The molecule has 0 spiro atoms. The van der Waals surface area contributed by atoms with Gasteiger partial charge < -0.3 is 10.1 Å². The van der Waals surface area contributed by atoms with Crippen LogP contribution in [-0.4, -0.2) is 33.9 Å². The van der Waals surface area contributed by atoms with Crippen molar-refractivity contribution in [3.8, 4) is 0 Å². The molecule has 1 aromatic carbocycles. The van der Waals surface area contributed by atoms with E-state index in [0.717, 1.165) is 5.56 Å². The number of anilines is 1. The molecule has 0 aliphatic carbocycles. The van der Waals surface area contributed by atoms with Crippen molar-refractivity contribution in [2.24, 2.45) is 0 Å². The van der Waals surface area contributed by atoms with E-state index in [0.29, 0.717) is 31.7 Å². The number of rotatable bonds is 5. The highest BCUT2D eigenvalue weighted by Crippen LogP contribution is 2.21. The minimum Gasteiger partial charge on any atom is -0.381 e. The van der Waals surface area contributed by atoms with E-state index in [-0.39, 0.29) is 11.3 Å². The van der Waals surface area contributed by atoms with Crippen LogP contribution in [0, 0.1) is 0 Å². The molecule has 1 aliphatic heterocycles. The van der Waals surface area contributed by atoms with Crippen LogP contribution in [0.5, 0.6) is 0 Å². The molecule has 1 atom stereocenters. The van der Waals surface area contributed by atoms with Crippen LogP contribution in [0.3, 0.4) is 0 Å². The van der Waals surface area contributed by atoms with Crippen LogP contribution in [-0.2, 0) is 14.8 Å². The van der Waals surface area contributed by atoms with Gasteiger partial charge in [0, 0.05) is 24.9 Å². The second kappa shape index (κ2) is 6.56. The van der Waals surface area contributed by atoms with Crippen molar-refractivity contribution in [2.75, 3.05) is 25.0 Å². The van der Waals surface area contributed by atoms with Crippen LogP contribution >= 0.6 is 0 Å². The van der Waals surface area contributed by atoms with Gasteiger partial charge in [-0.05, 0) is 44.5 Å². The van der Waals surface area contributed by atoms with Crippen molar-refractivity contribution in [3.05, 3.63) is 29.8 Å². The Morgan fingerprint density at radius 1 is 1.20 bits per heavy atom. The van der Waals surface area contributed by atoms with E-state index in [4.69, 9.17) is 4.74 Å². The Balaban J connectivity index is 2.05. The highest BCUT2D eigenvalue weighted by atomic mass is 32.2. The number of sulfonamides is 1. The molecule has 0 bridgehead atoms. The lowest BCUT2D eigenvalue weighted by Gasteiger charge is -2.23. The van der Waals surface area contributed by atoms with E-state index in [1.54, 1.807) is 12.1 Å². The van der Waals surface area contributed by atoms with Gasteiger partial charge in [0.05, 0.1) is 5.25 Å². The molecule has 0 aromatic heterocycles. The zero-order valence-corrected chi connectivity index (χ0v) is 12.7. The van der Waals surface area contributed by atoms with Crippen molar-refractivity contribution >= 4 is 15.7 Å². The maximum Gasteiger partial charge on any atom is 0.235 e. The molecule has 1 saturated heterocycles. The molecule has 0 radical (unpaired) electrons. The molecular weight excluding hydrogens is 276 g/mol. The van der Waals surface area contributed by atoms with Crippen molar-refractivity contribution in [2.45, 2.75) is 31.1 Å². The Morgan fingerprint density at radius 2 is 1.80 bits per heavy atom. The SMILES string of the molecule is CNC(C)c1ccc(NS(=O)(=O)C2CCOCC2)cc1. The van der Waals surface area contributed by atoms with Gasteiger partial charge in [0.25, 0.3) is 0 Å². The van der Waals surface area contributed by atoms with Gasteiger partial charge in [0.1, 0.15) is 0 Å². The maximum absolute atomic E-state index is 12.3. The Bertz CT molecular complexity index is 522. The standard InChI is InChI=1S/C14H22N2O3S/c1-11(15-2)12-3-5-13(6-4-12)16-20(17,18)14-7-9-19-10-8-14/h3-6,11,14-16H,7-10H2,1-2H3. The lowest BCUT2D eigenvalue weighted by Crippen LogP contribution is -2.33. The Morgan fingerprint density at radius 3 is 2.35 bits per heavy atom. The first-order valence-electron chi connectivity index (χ1n) is 6.89. The molecule has 6 heteroatoms. The summed E-state index contributed by atoms with van der Waals surface area (Å²) in [4.78, 5) is 0. The number of benzene rings is 1. The van der Waals surface area contributed by atoms with E-state index >= 15 is 0 Å². The fourth-order valence-electron chi connectivity index (χ4n) is 2.24. The summed E-state index contributed by atoms with van der Waals surface area (Å²) in [5, 5.41) is 2.79. The van der Waals surface area contributed by atoms with E-state index in [2.05, 4.69) is 17.0 Å². The molecule has 5 nitrogen and oxygen atoms in total. The summed E-state index contributed by atoms with van der Waals surface area (Å²) in [6.07, 6.45) is 1.12. The van der Waals surface area contributed by atoms with Crippen LogP contribution in [0.1, 0.15) is 31.4 Å². The van der Waals surface area contributed by atoms with E-state index in [9.17, 15) is 8.42 Å². The van der Waals surface area contributed by atoms with Crippen molar-refractivity contribution < 1.29 is 13.2 Å². The lowest BCUT2D eigenvalue weighted by molar-refractivity contribution is 0.0984. The molecule has 112 valence electrons. The maximum atomic E-state index is 12.3. The van der Waals surface area contributed by atoms with Gasteiger partial charge in [0.15, 0.2) is 0 Å². The monoisotopic (exact) mass is 298 g/mol. The molecular formula is C14H22N2O3S.